The minimum absolute atomic E-state index is 0.0573. The highest BCUT2D eigenvalue weighted by Gasteiger charge is 2.10. The van der Waals surface area contributed by atoms with Crippen LogP contribution in [0.25, 0.3) is 0 Å². The van der Waals surface area contributed by atoms with E-state index >= 15 is 0 Å². The maximum atomic E-state index is 13.1. The van der Waals surface area contributed by atoms with Crippen LogP contribution in [0.15, 0.2) is 40.9 Å². The van der Waals surface area contributed by atoms with E-state index in [1.807, 2.05) is 0 Å². The minimum Gasteiger partial charge on any atom is -0.489 e. The normalized spacial score (nSPS) is 10.3. The molecule has 0 heterocycles. The molecule has 5 nitrogen and oxygen atoms in total. The molecule has 2 N–H and O–H groups in total. The number of hydrogen-bond acceptors (Lipinski definition) is 4. The van der Waals surface area contributed by atoms with Crippen molar-refractivity contribution in [3.8, 4) is 5.75 Å². The molecule has 0 radical (unpaired) electrons. The van der Waals surface area contributed by atoms with E-state index in [0.717, 1.165) is 0 Å². The predicted octanol–water partition coefficient (Wildman–Crippen LogP) is 3.66. The molecule has 0 unspecified atom stereocenters. The van der Waals surface area contributed by atoms with Gasteiger partial charge in [-0.2, -0.15) is 0 Å². The van der Waals surface area contributed by atoms with Crippen LogP contribution in [0.2, 0.25) is 0 Å². The summed E-state index contributed by atoms with van der Waals surface area (Å²) in [6, 6.07) is 8.34. The average molecular weight is 341 g/mol. The SMILES string of the molecule is Nc1ccc([N+](=O)[O-])cc1COc1ccc(F)c(Br)c1. The summed E-state index contributed by atoms with van der Waals surface area (Å²) in [6.45, 7) is 0.0611. The Morgan fingerprint density at radius 1 is 1.30 bits per heavy atom. The van der Waals surface area contributed by atoms with Crippen LogP contribution in [-0.4, -0.2) is 4.92 Å². The van der Waals surface area contributed by atoms with Gasteiger partial charge in [-0.1, -0.05) is 0 Å². The van der Waals surface area contributed by atoms with Crippen molar-refractivity contribution in [2.75, 3.05) is 5.73 Å². The molecular formula is C13H10BrFN2O3. The zero-order valence-electron chi connectivity index (χ0n) is 10.2. The molecule has 2 aromatic rings. The van der Waals surface area contributed by atoms with Crippen molar-refractivity contribution in [3.63, 3.8) is 0 Å². The second-order valence-corrected chi connectivity index (χ2v) is 4.86. The smallest absolute Gasteiger partial charge is 0.269 e. The molecular weight excluding hydrogens is 331 g/mol. The van der Waals surface area contributed by atoms with Gasteiger partial charge in [0, 0.05) is 23.4 Å². The van der Waals surface area contributed by atoms with Crippen molar-refractivity contribution in [2.45, 2.75) is 6.61 Å². The van der Waals surface area contributed by atoms with E-state index in [4.69, 9.17) is 10.5 Å². The summed E-state index contributed by atoms with van der Waals surface area (Å²) in [5.41, 5.74) is 6.58. The maximum Gasteiger partial charge on any atom is 0.269 e. The zero-order valence-corrected chi connectivity index (χ0v) is 11.8. The molecule has 0 saturated heterocycles. The number of halogens is 2. The molecule has 0 aromatic heterocycles. The summed E-state index contributed by atoms with van der Waals surface area (Å²) >= 11 is 3.05. The van der Waals surface area contributed by atoms with E-state index in [-0.39, 0.29) is 16.8 Å². The number of nitrogen functional groups attached to an aromatic ring is 1. The van der Waals surface area contributed by atoms with Crippen LogP contribution in [0, 0.1) is 15.9 Å². The van der Waals surface area contributed by atoms with Gasteiger partial charge in [0.15, 0.2) is 0 Å². The number of nitrogens with two attached hydrogens (primary N) is 1. The lowest BCUT2D eigenvalue weighted by atomic mass is 10.1. The molecule has 0 atom stereocenters. The van der Waals surface area contributed by atoms with Gasteiger partial charge >= 0.3 is 0 Å². The second kappa shape index (κ2) is 5.87. The average Bonchev–Trinajstić information content (AvgIpc) is 2.41. The second-order valence-electron chi connectivity index (χ2n) is 4.00. The fourth-order valence-corrected chi connectivity index (χ4v) is 1.92. The lowest BCUT2D eigenvalue weighted by Crippen LogP contribution is -2.01. The first-order chi connectivity index (χ1) is 9.47. The summed E-state index contributed by atoms with van der Waals surface area (Å²) in [5.74, 6) is 0.0383. The Kier molecular flexibility index (Phi) is 4.19. The number of nitro benzene ring substituents is 1. The first-order valence-corrected chi connectivity index (χ1v) is 6.37. The van der Waals surface area contributed by atoms with Gasteiger partial charge in [-0.15, -0.1) is 0 Å². The number of hydrogen-bond donors (Lipinski definition) is 1. The number of ether oxygens (including phenoxy) is 1. The summed E-state index contributed by atoms with van der Waals surface area (Å²) < 4.78 is 18.8. The highest BCUT2D eigenvalue weighted by Crippen LogP contribution is 2.24. The number of nitro groups is 1. The Morgan fingerprint density at radius 2 is 2.05 bits per heavy atom. The zero-order chi connectivity index (χ0) is 14.7. The first kappa shape index (κ1) is 14.3. The molecule has 2 rings (SSSR count). The molecule has 7 heteroatoms. The highest BCUT2D eigenvalue weighted by atomic mass is 79.9. The van der Waals surface area contributed by atoms with Crippen molar-refractivity contribution in [2.24, 2.45) is 0 Å². The van der Waals surface area contributed by atoms with Crippen LogP contribution >= 0.6 is 15.9 Å². The number of nitrogens with zero attached hydrogens (tertiary/aromatic N) is 1. The summed E-state index contributed by atoms with van der Waals surface area (Å²) in [7, 11) is 0. The van der Waals surface area contributed by atoms with Gasteiger partial charge in [0.25, 0.3) is 5.69 Å². The molecule has 0 amide bonds. The van der Waals surface area contributed by atoms with E-state index in [9.17, 15) is 14.5 Å². The van der Waals surface area contributed by atoms with Crippen molar-refractivity contribution in [3.05, 3.63) is 62.4 Å². The van der Waals surface area contributed by atoms with Crippen LogP contribution in [0.1, 0.15) is 5.56 Å². The minimum atomic E-state index is -0.503. The molecule has 0 bridgehead atoms. The van der Waals surface area contributed by atoms with Crippen molar-refractivity contribution in [1.82, 2.24) is 0 Å². The first-order valence-electron chi connectivity index (χ1n) is 5.58. The van der Waals surface area contributed by atoms with Crippen molar-refractivity contribution >= 4 is 27.3 Å². The molecule has 20 heavy (non-hydrogen) atoms. The molecule has 0 spiro atoms. The molecule has 2 aromatic carbocycles. The van der Waals surface area contributed by atoms with E-state index in [0.29, 0.717) is 17.0 Å². The monoisotopic (exact) mass is 340 g/mol. The Hall–Kier alpha value is -2.15. The standard InChI is InChI=1S/C13H10BrFN2O3/c14-11-6-10(2-3-12(11)15)20-7-8-5-9(17(18)19)1-4-13(8)16/h1-6H,7,16H2. The van der Waals surface area contributed by atoms with Crippen LogP contribution < -0.4 is 10.5 Å². The Balaban J connectivity index is 2.15. The molecule has 0 saturated carbocycles. The van der Waals surface area contributed by atoms with Crippen molar-refractivity contribution in [1.29, 1.82) is 0 Å². The maximum absolute atomic E-state index is 13.1. The third-order valence-corrected chi connectivity index (χ3v) is 3.23. The summed E-state index contributed by atoms with van der Waals surface area (Å²) in [5, 5.41) is 10.7. The topological polar surface area (TPSA) is 78.4 Å². The third-order valence-electron chi connectivity index (χ3n) is 2.62. The number of non-ortho nitro benzene ring substituents is 1. The molecule has 104 valence electrons. The Labute approximate surface area is 122 Å². The summed E-state index contributed by atoms with van der Waals surface area (Å²) in [4.78, 5) is 10.2. The Bertz CT molecular complexity index is 664. The highest BCUT2D eigenvalue weighted by molar-refractivity contribution is 9.10. The number of anilines is 1. The van der Waals surface area contributed by atoms with Crippen LogP contribution in [-0.2, 0) is 6.61 Å². The molecule has 0 aliphatic heterocycles. The van der Waals surface area contributed by atoms with Gasteiger partial charge in [0.1, 0.15) is 18.2 Å². The lowest BCUT2D eigenvalue weighted by Gasteiger charge is -2.09. The molecule has 0 fully saturated rings. The van der Waals surface area contributed by atoms with Gasteiger partial charge < -0.3 is 10.5 Å². The lowest BCUT2D eigenvalue weighted by molar-refractivity contribution is -0.384. The van der Waals surface area contributed by atoms with Crippen LogP contribution in [0.4, 0.5) is 15.8 Å². The van der Waals surface area contributed by atoms with Gasteiger partial charge in [-0.25, -0.2) is 4.39 Å². The van der Waals surface area contributed by atoms with Crippen LogP contribution in [0.5, 0.6) is 5.75 Å². The van der Waals surface area contributed by atoms with Crippen LogP contribution in [0.3, 0.4) is 0 Å². The fourth-order valence-electron chi connectivity index (χ4n) is 1.56. The van der Waals surface area contributed by atoms with E-state index < -0.39 is 10.7 Å². The molecule has 0 aliphatic rings. The van der Waals surface area contributed by atoms with E-state index in [2.05, 4.69) is 15.9 Å². The van der Waals surface area contributed by atoms with Crippen molar-refractivity contribution < 1.29 is 14.1 Å². The molecule has 0 aliphatic carbocycles. The third kappa shape index (κ3) is 3.24. The van der Waals surface area contributed by atoms with Gasteiger partial charge in [-0.05, 0) is 40.2 Å². The van der Waals surface area contributed by atoms with E-state index in [1.54, 1.807) is 0 Å². The van der Waals surface area contributed by atoms with E-state index in [1.165, 1.54) is 36.4 Å². The Morgan fingerprint density at radius 3 is 2.70 bits per heavy atom. The van der Waals surface area contributed by atoms with Gasteiger partial charge in [0.05, 0.1) is 9.40 Å². The fraction of sp³-hybridized carbons (Fsp3) is 0.0769. The summed E-state index contributed by atoms with van der Waals surface area (Å²) in [6.07, 6.45) is 0. The van der Waals surface area contributed by atoms with Gasteiger partial charge in [0.2, 0.25) is 0 Å². The van der Waals surface area contributed by atoms with Gasteiger partial charge in [-0.3, -0.25) is 10.1 Å². The largest absolute Gasteiger partial charge is 0.489 e. The number of benzene rings is 2. The quantitative estimate of drug-likeness (QED) is 0.523. The predicted molar refractivity (Wildman–Crippen MR) is 75.9 cm³/mol. The number of rotatable bonds is 4.